The Bertz CT molecular complexity index is 1350. The molecule has 32 heavy (non-hydrogen) atoms. The number of carbonyl (C=O) groups is 1. The van der Waals surface area contributed by atoms with E-state index in [-0.39, 0.29) is 5.91 Å². The second-order valence-corrected chi connectivity index (χ2v) is 8.31. The Kier molecular flexibility index (Phi) is 5.74. The minimum absolute atomic E-state index is 0.0262. The van der Waals surface area contributed by atoms with Gasteiger partial charge in [-0.05, 0) is 60.9 Å². The van der Waals surface area contributed by atoms with Crippen LogP contribution in [0.15, 0.2) is 52.9 Å². The molecule has 5 nitrogen and oxygen atoms in total. The largest absolute Gasteiger partial charge is 0.496 e. The van der Waals surface area contributed by atoms with Gasteiger partial charge < -0.3 is 14.5 Å². The number of hydrogen-bond acceptors (Lipinski definition) is 3. The summed E-state index contributed by atoms with van der Waals surface area (Å²) in [7, 11) is 5.73. The molecule has 0 atom stereocenters. The number of nitrogens with zero attached hydrogens (tertiary/aromatic N) is 1. The normalized spacial score (nSPS) is 11.1. The second-order valence-electron chi connectivity index (χ2n) is 8.31. The van der Waals surface area contributed by atoms with E-state index in [1.54, 1.807) is 7.11 Å². The highest BCUT2D eigenvalue weighted by Crippen LogP contribution is 2.42. The third kappa shape index (κ3) is 3.86. The third-order valence-electron chi connectivity index (χ3n) is 5.78. The van der Waals surface area contributed by atoms with Gasteiger partial charge in [-0.3, -0.25) is 4.79 Å². The van der Waals surface area contributed by atoms with Gasteiger partial charge in [-0.15, -0.1) is 0 Å². The quantitative estimate of drug-likeness (QED) is 0.358. The summed E-state index contributed by atoms with van der Waals surface area (Å²) in [5.41, 5.74) is 6.87. The predicted octanol–water partition coefficient (Wildman–Crippen LogP) is 5.21. The van der Waals surface area contributed by atoms with Gasteiger partial charge >= 0.3 is 0 Å². The van der Waals surface area contributed by atoms with E-state index < -0.39 is 0 Å². The van der Waals surface area contributed by atoms with Crippen LogP contribution in [0, 0.1) is 13.8 Å². The average molecular weight is 430 g/mol. The maximum atomic E-state index is 11.9. The van der Waals surface area contributed by atoms with Crippen molar-refractivity contribution in [2.45, 2.75) is 27.2 Å². The second kappa shape index (κ2) is 8.50. The van der Waals surface area contributed by atoms with Crippen molar-refractivity contribution in [3.63, 3.8) is 0 Å². The number of hydrogen-bond donors (Lipinski definition) is 1. The van der Waals surface area contributed by atoms with Crippen molar-refractivity contribution in [3.05, 3.63) is 65.0 Å². The Morgan fingerprint density at radius 3 is 2.38 bits per heavy atom. The van der Waals surface area contributed by atoms with Crippen LogP contribution in [0.25, 0.3) is 33.4 Å². The van der Waals surface area contributed by atoms with E-state index in [4.69, 9.17) is 9.15 Å². The van der Waals surface area contributed by atoms with Crippen LogP contribution in [0.5, 0.6) is 5.75 Å². The molecule has 0 radical (unpaired) electrons. The number of ether oxygens (including phenoxy) is 1. The zero-order valence-corrected chi connectivity index (χ0v) is 19.5. The SMILES string of the molecule is CCC(=O)Nc1ccc2c(-c3cc(C)c(OC)c(C)c3)c3ccc(=[N+](C)C)cc-3oc2c1. The summed E-state index contributed by atoms with van der Waals surface area (Å²) in [6.45, 7) is 5.97. The van der Waals surface area contributed by atoms with Crippen LogP contribution in [0.1, 0.15) is 24.5 Å². The number of benzene rings is 3. The van der Waals surface area contributed by atoms with Crippen molar-refractivity contribution in [1.29, 1.82) is 0 Å². The molecule has 1 amide bonds. The summed E-state index contributed by atoms with van der Waals surface area (Å²) < 4.78 is 14.0. The third-order valence-corrected chi connectivity index (χ3v) is 5.78. The van der Waals surface area contributed by atoms with Crippen LogP contribution < -0.4 is 20.0 Å². The maximum Gasteiger partial charge on any atom is 0.224 e. The molecule has 164 valence electrons. The first-order valence-electron chi connectivity index (χ1n) is 10.8. The first-order valence-corrected chi connectivity index (χ1v) is 10.8. The van der Waals surface area contributed by atoms with Crippen molar-refractivity contribution in [2.24, 2.45) is 0 Å². The number of nitrogens with one attached hydrogen (secondary N) is 1. The molecule has 0 aromatic heterocycles. The number of methoxy groups -OCH3 is 1. The molecule has 2 aromatic carbocycles. The van der Waals surface area contributed by atoms with Gasteiger partial charge in [0.25, 0.3) is 0 Å². The minimum atomic E-state index is -0.0262. The molecule has 2 aliphatic rings. The van der Waals surface area contributed by atoms with Gasteiger partial charge in [-0.25, -0.2) is 4.58 Å². The van der Waals surface area contributed by atoms with Crippen molar-refractivity contribution < 1.29 is 13.9 Å². The van der Waals surface area contributed by atoms with Crippen LogP contribution in [-0.2, 0) is 4.79 Å². The Morgan fingerprint density at radius 1 is 1.03 bits per heavy atom. The molecule has 1 N–H and O–H groups in total. The summed E-state index contributed by atoms with van der Waals surface area (Å²) >= 11 is 0. The number of anilines is 1. The highest BCUT2D eigenvalue weighted by Gasteiger charge is 2.20. The molecule has 1 aliphatic carbocycles. The molecular weight excluding hydrogens is 400 g/mol. The highest BCUT2D eigenvalue weighted by atomic mass is 16.5. The molecule has 1 heterocycles. The molecule has 4 rings (SSSR count). The number of aryl methyl sites for hydroxylation is 2. The van der Waals surface area contributed by atoms with Gasteiger partial charge in [0.15, 0.2) is 0 Å². The molecule has 0 saturated heterocycles. The van der Waals surface area contributed by atoms with Crippen LogP contribution in [0.4, 0.5) is 5.69 Å². The van der Waals surface area contributed by atoms with Gasteiger partial charge in [0.05, 0.1) is 13.2 Å². The van der Waals surface area contributed by atoms with Crippen LogP contribution >= 0.6 is 0 Å². The predicted molar refractivity (Wildman–Crippen MR) is 130 cm³/mol. The number of carbonyl (C=O) groups excluding carboxylic acids is 1. The molecule has 0 spiro atoms. The molecule has 2 aromatic rings. The van der Waals surface area contributed by atoms with E-state index in [0.29, 0.717) is 6.42 Å². The number of fused-ring (bicyclic) bond motifs is 2. The minimum Gasteiger partial charge on any atom is -0.496 e. The average Bonchev–Trinajstić information content (AvgIpc) is 2.76. The van der Waals surface area contributed by atoms with Gasteiger partial charge in [-0.2, -0.15) is 0 Å². The van der Waals surface area contributed by atoms with Gasteiger partial charge in [0, 0.05) is 40.8 Å². The van der Waals surface area contributed by atoms with Crippen molar-refractivity contribution in [2.75, 3.05) is 26.5 Å². The molecule has 0 unspecified atom stereocenters. The van der Waals surface area contributed by atoms with Crippen LogP contribution in [-0.4, -0.2) is 27.1 Å². The smallest absolute Gasteiger partial charge is 0.224 e. The van der Waals surface area contributed by atoms with Crippen LogP contribution in [0.3, 0.4) is 0 Å². The topological polar surface area (TPSA) is 54.5 Å². The van der Waals surface area contributed by atoms with Crippen molar-refractivity contribution in [1.82, 2.24) is 4.58 Å². The highest BCUT2D eigenvalue weighted by molar-refractivity contribution is 6.03. The van der Waals surface area contributed by atoms with E-state index in [2.05, 4.69) is 54.1 Å². The fraction of sp³-hybridized carbons (Fsp3) is 0.259. The lowest BCUT2D eigenvalue weighted by atomic mass is 9.91. The van der Waals surface area contributed by atoms with Gasteiger partial charge in [0.2, 0.25) is 11.3 Å². The molecule has 5 heteroatoms. The summed E-state index contributed by atoms with van der Waals surface area (Å²) in [5, 5.41) is 4.98. The lowest BCUT2D eigenvalue weighted by molar-refractivity contribution is -0.115. The Hall–Kier alpha value is -3.60. The molecule has 0 saturated carbocycles. The Labute approximate surface area is 188 Å². The van der Waals surface area contributed by atoms with E-state index in [9.17, 15) is 4.79 Å². The fourth-order valence-electron chi connectivity index (χ4n) is 4.21. The Morgan fingerprint density at radius 2 is 1.75 bits per heavy atom. The van der Waals surface area contributed by atoms with E-state index >= 15 is 0 Å². The maximum absolute atomic E-state index is 11.9. The first-order chi connectivity index (χ1) is 15.3. The Balaban J connectivity index is 2.07. The molecular formula is C27H29N2O3+. The van der Waals surface area contributed by atoms with Gasteiger partial charge in [-0.1, -0.05) is 6.92 Å². The number of rotatable bonds is 4. The van der Waals surface area contributed by atoms with Gasteiger partial charge in [0.1, 0.15) is 31.2 Å². The van der Waals surface area contributed by atoms with E-state index in [1.165, 1.54) is 0 Å². The lowest BCUT2D eigenvalue weighted by Gasteiger charge is -2.18. The van der Waals surface area contributed by atoms with Crippen molar-refractivity contribution >= 4 is 22.6 Å². The lowest BCUT2D eigenvalue weighted by Crippen LogP contribution is -2.21. The zero-order chi connectivity index (χ0) is 23.0. The number of amides is 1. The standard InChI is InChI=1S/C27H28N2O3/c1-7-25(30)28-19-8-10-21-23(14-19)32-24-15-20(29(4)5)9-11-22(24)26(21)18-12-16(2)27(31-6)17(3)13-18/h8-15H,7H2,1-6H3/p+1. The van der Waals surface area contributed by atoms with E-state index in [1.807, 2.05) is 39.2 Å². The molecule has 0 fully saturated rings. The molecule has 0 bridgehead atoms. The van der Waals surface area contributed by atoms with Crippen LogP contribution in [0.2, 0.25) is 0 Å². The zero-order valence-electron chi connectivity index (χ0n) is 19.5. The first kappa shape index (κ1) is 21.6. The summed E-state index contributed by atoms with van der Waals surface area (Å²) in [5.74, 6) is 1.67. The van der Waals surface area contributed by atoms with Crippen molar-refractivity contribution in [3.8, 4) is 28.2 Å². The fourth-order valence-corrected chi connectivity index (χ4v) is 4.21. The summed E-state index contributed by atoms with van der Waals surface area (Å²) in [4.78, 5) is 11.9. The monoisotopic (exact) mass is 429 g/mol. The summed E-state index contributed by atoms with van der Waals surface area (Å²) in [6.07, 6.45) is 0.425. The molecule has 1 aliphatic heterocycles. The van der Waals surface area contributed by atoms with E-state index in [0.717, 1.165) is 61.3 Å². The summed E-state index contributed by atoms with van der Waals surface area (Å²) in [6, 6.07) is 16.4.